The molecule has 0 radical (unpaired) electrons. The van der Waals surface area contributed by atoms with Crippen LogP contribution in [0, 0.1) is 12.8 Å². The second-order valence-corrected chi connectivity index (χ2v) is 8.21. The van der Waals surface area contributed by atoms with Crippen molar-refractivity contribution >= 4 is 11.3 Å². The van der Waals surface area contributed by atoms with Gasteiger partial charge in [0.2, 0.25) is 0 Å². The Morgan fingerprint density at radius 1 is 1.25 bits per heavy atom. The number of likely N-dealkylation sites (tertiary alicyclic amines) is 1. The Kier molecular flexibility index (Phi) is 4.50. The Hall–Kier alpha value is -1.53. The number of nitrogens with zero attached hydrogens (tertiary/aromatic N) is 4. The number of rotatable bonds is 4. The number of aryl methyl sites for hydroxylation is 3. The lowest BCUT2D eigenvalue weighted by molar-refractivity contribution is 0.163. The van der Waals surface area contributed by atoms with E-state index in [1.807, 2.05) is 18.3 Å². The second kappa shape index (κ2) is 6.76. The van der Waals surface area contributed by atoms with E-state index >= 15 is 0 Å². The molecule has 1 aliphatic heterocycles. The molecule has 0 aromatic carbocycles. The zero-order valence-electron chi connectivity index (χ0n) is 14.2. The van der Waals surface area contributed by atoms with Gasteiger partial charge in [0, 0.05) is 17.5 Å². The average molecular weight is 344 g/mol. The Morgan fingerprint density at radius 2 is 2.08 bits per heavy atom. The van der Waals surface area contributed by atoms with Crippen LogP contribution in [0.1, 0.15) is 40.5 Å². The van der Waals surface area contributed by atoms with E-state index in [9.17, 15) is 4.79 Å². The molecule has 128 valence electrons. The molecule has 2 aromatic heterocycles. The molecule has 0 amide bonds. The Bertz CT molecular complexity index is 752. The van der Waals surface area contributed by atoms with Gasteiger partial charge in [0.15, 0.2) is 0 Å². The Labute approximate surface area is 146 Å². The molecule has 3 heterocycles. The van der Waals surface area contributed by atoms with E-state index in [2.05, 4.69) is 10.00 Å². The molecule has 0 N–H and O–H groups in total. The zero-order chi connectivity index (χ0) is 16.5. The summed E-state index contributed by atoms with van der Waals surface area (Å²) >= 11 is 1.91. The van der Waals surface area contributed by atoms with E-state index < -0.39 is 0 Å². The molecule has 0 bridgehead atoms. The highest BCUT2D eigenvalue weighted by Crippen LogP contribution is 2.29. The first kappa shape index (κ1) is 16.0. The van der Waals surface area contributed by atoms with E-state index in [4.69, 9.17) is 4.98 Å². The van der Waals surface area contributed by atoms with Crippen molar-refractivity contribution in [1.29, 1.82) is 0 Å². The number of piperidine rings is 1. The van der Waals surface area contributed by atoms with Crippen molar-refractivity contribution in [3.05, 3.63) is 43.8 Å². The third-order valence-corrected chi connectivity index (χ3v) is 6.28. The molecule has 1 fully saturated rings. The van der Waals surface area contributed by atoms with Crippen molar-refractivity contribution in [3.8, 4) is 0 Å². The summed E-state index contributed by atoms with van der Waals surface area (Å²) in [7, 11) is 0. The van der Waals surface area contributed by atoms with E-state index in [0.717, 1.165) is 44.7 Å². The summed E-state index contributed by atoms with van der Waals surface area (Å²) in [5.74, 6) is 0.551. The lowest BCUT2D eigenvalue weighted by atomic mass is 9.97. The summed E-state index contributed by atoms with van der Waals surface area (Å²) in [5.41, 5.74) is 2.28. The molecule has 0 saturated carbocycles. The highest BCUT2D eigenvalue weighted by Gasteiger charge is 2.23. The maximum absolute atomic E-state index is 11.9. The summed E-state index contributed by atoms with van der Waals surface area (Å²) < 4.78 is 1.64. The van der Waals surface area contributed by atoms with Crippen LogP contribution in [0.4, 0.5) is 0 Å². The van der Waals surface area contributed by atoms with Gasteiger partial charge in [0.25, 0.3) is 5.56 Å². The van der Waals surface area contributed by atoms with Gasteiger partial charge in [-0.2, -0.15) is 5.10 Å². The summed E-state index contributed by atoms with van der Waals surface area (Å²) in [6, 6.07) is 3.41. The molecular weight excluding hydrogens is 320 g/mol. The van der Waals surface area contributed by atoms with Crippen LogP contribution in [0.25, 0.3) is 0 Å². The van der Waals surface area contributed by atoms with Crippen molar-refractivity contribution in [2.24, 2.45) is 5.92 Å². The fraction of sp³-hybridized carbons (Fsp3) is 0.611. The van der Waals surface area contributed by atoms with Crippen LogP contribution in [-0.2, 0) is 25.9 Å². The van der Waals surface area contributed by atoms with Gasteiger partial charge >= 0.3 is 0 Å². The highest BCUT2D eigenvalue weighted by molar-refractivity contribution is 7.11. The van der Waals surface area contributed by atoms with Gasteiger partial charge in [-0.15, -0.1) is 11.3 Å². The topological polar surface area (TPSA) is 51.0 Å². The van der Waals surface area contributed by atoms with Crippen molar-refractivity contribution in [1.82, 2.24) is 19.7 Å². The molecule has 4 rings (SSSR count). The van der Waals surface area contributed by atoms with Crippen LogP contribution in [0.3, 0.4) is 0 Å². The van der Waals surface area contributed by atoms with Crippen LogP contribution in [0.2, 0.25) is 0 Å². The average Bonchev–Trinajstić information content (AvgIpc) is 3.14. The quantitative estimate of drug-likeness (QED) is 0.855. The van der Waals surface area contributed by atoms with Crippen LogP contribution >= 0.6 is 11.3 Å². The molecule has 5 nitrogen and oxygen atoms in total. The molecule has 24 heavy (non-hydrogen) atoms. The van der Waals surface area contributed by atoms with Crippen LogP contribution in [-0.4, -0.2) is 32.8 Å². The molecular formula is C18H24N4OS. The van der Waals surface area contributed by atoms with E-state index in [1.54, 1.807) is 16.8 Å². The first-order valence-corrected chi connectivity index (χ1v) is 9.73. The lowest BCUT2D eigenvalue weighted by Gasteiger charge is -2.31. The van der Waals surface area contributed by atoms with E-state index in [0.29, 0.717) is 5.92 Å². The first-order chi connectivity index (χ1) is 11.7. The first-order valence-electron chi connectivity index (χ1n) is 8.92. The molecule has 1 aliphatic carbocycles. The van der Waals surface area contributed by atoms with Crippen molar-refractivity contribution in [2.45, 2.75) is 52.1 Å². The predicted molar refractivity (Wildman–Crippen MR) is 95.4 cm³/mol. The maximum Gasteiger partial charge on any atom is 0.266 e. The molecule has 2 aromatic rings. The summed E-state index contributed by atoms with van der Waals surface area (Å²) in [6.07, 6.45) is 5.95. The summed E-state index contributed by atoms with van der Waals surface area (Å²) in [6.45, 7) is 5.86. The SMILES string of the molecule is Cc1ccc(=O)n(CC2CCN(Cc3nc4c(s3)CCC4)CC2)n1. The van der Waals surface area contributed by atoms with Gasteiger partial charge in [-0.05, 0) is 64.1 Å². The fourth-order valence-corrected chi connectivity index (χ4v) is 4.96. The molecule has 0 spiro atoms. The third-order valence-electron chi connectivity index (χ3n) is 5.14. The Morgan fingerprint density at radius 3 is 2.88 bits per heavy atom. The molecule has 6 heteroatoms. The minimum absolute atomic E-state index is 0.0142. The minimum Gasteiger partial charge on any atom is -0.297 e. The monoisotopic (exact) mass is 344 g/mol. The molecule has 2 aliphatic rings. The lowest BCUT2D eigenvalue weighted by Crippen LogP contribution is -2.36. The summed E-state index contributed by atoms with van der Waals surface area (Å²) in [5, 5.41) is 5.65. The zero-order valence-corrected chi connectivity index (χ0v) is 15.0. The smallest absolute Gasteiger partial charge is 0.266 e. The summed E-state index contributed by atoms with van der Waals surface area (Å²) in [4.78, 5) is 20.7. The van der Waals surface area contributed by atoms with Gasteiger partial charge in [0.05, 0.1) is 17.9 Å². The molecule has 0 atom stereocenters. The maximum atomic E-state index is 11.9. The normalized spacial score (nSPS) is 18.9. The highest BCUT2D eigenvalue weighted by atomic mass is 32.1. The standard InChI is InChI=1S/C18H24N4OS/c1-13-5-6-18(23)22(20-13)11-14-7-9-21(10-8-14)12-17-19-15-3-2-4-16(15)24-17/h5-6,14H,2-4,7-12H2,1H3. The second-order valence-electron chi connectivity index (χ2n) is 7.05. The molecule has 1 saturated heterocycles. The minimum atomic E-state index is 0.0142. The van der Waals surface area contributed by atoms with Gasteiger partial charge in [0.1, 0.15) is 5.01 Å². The number of aromatic nitrogens is 3. The van der Waals surface area contributed by atoms with Crippen LogP contribution in [0.5, 0.6) is 0 Å². The van der Waals surface area contributed by atoms with Crippen molar-refractivity contribution < 1.29 is 0 Å². The van der Waals surface area contributed by atoms with Crippen LogP contribution in [0.15, 0.2) is 16.9 Å². The van der Waals surface area contributed by atoms with Gasteiger partial charge < -0.3 is 0 Å². The van der Waals surface area contributed by atoms with Gasteiger partial charge in [-0.25, -0.2) is 9.67 Å². The largest absolute Gasteiger partial charge is 0.297 e. The van der Waals surface area contributed by atoms with E-state index in [1.165, 1.54) is 34.8 Å². The number of fused-ring (bicyclic) bond motifs is 1. The number of hydrogen-bond donors (Lipinski definition) is 0. The van der Waals surface area contributed by atoms with E-state index in [-0.39, 0.29) is 5.56 Å². The Balaban J connectivity index is 1.31. The fourth-order valence-electron chi connectivity index (χ4n) is 3.76. The molecule has 0 unspecified atom stereocenters. The third kappa shape index (κ3) is 3.44. The van der Waals surface area contributed by atoms with Gasteiger partial charge in [-0.1, -0.05) is 0 Å². The van der Waals surface area contributed by atoms with Gasteiger partial charge in [-0.3, -0.25) is 9.69 Å². The number of thiazole rings is 1. The number of hydrogen-bond acceptors (Lipinski definition) is 5. The van der Waals surface area contributed by atoms with Crippen molar-refractivity contribution in [2.75, 3.05) is 13.1 Å². The predicted octanol–water partition coefficient (Wildman–Crippen LogP) is 2.41. The van der Waals surface area contributed by atoms with Crippen LogP contribution < -0.4 is 5.56 Å². The van der Waals surface area contributed by atoms with Crippen molar-refractivity contribution in [3.63, 3.8) is 0 Å².